The smallest absolute Gasteiger partial charge is 0.186 e. The zero-order chi connectivity index (χ0) is 21.6. The van der Waals surface area contributed by atoms with Crippen molar-refractivity contribution in [2.45, 2.75) is 25.5 Å². The molecule has 0 amide bonds. The Bertz CT molecular complexity index is 1320. The molecular weight excluding hydrogens is 573 g/mol. The van der Waals surface area contributed by atoms with Crippen LogP contribution in [0.2, 0.25) is 0 Å². The van der Waals surface area contributed by atoms with E-state index in [2.05, 4.69) is 46.5 Å². The molecule has 1 atom stereocenters. The van der Waals surface area contributed by atoms with Crippen molar-refractivity contribution in [3.63, 3.8) is 0 Å². The molecule has 0 aliphatic rings. The van der Waals surface area contributed by atoms with E-state index in [1.165, 1.54) is 22.7 Å². The van der Waals surface area contributed by atoms with Crippen LogP contribution < -0.4 is 4.72 Å². The molecule has 4 aromatic rings. The van der Waals surface area contributed by atoms with Gasteiger partial charge in [0.25, 0.3) is 0 Å². The number of halogens is 3. The molecule has 2 aromatic heterocycles. The maximum Gasteiger partial charge on any atom is 0.186 e. The summed E-state index contributed by atoms with van der Waals surface area (Å²) in [5.74, 6) is -0.567. The van der Waals surface area contributed by atoms with E-state index >= 15 is 4.39 Å². The number of hydrogen-bond donors (Lipinski definition) is 1. The molecule has 30 heavy (non-hydrogen) atoms. The largest absolute Gasteiger partial charge is 0.299 e. The molecule has 0 aliphatic heterocycles. The van der Waals surface area contributed by atoms with Crippen LogP contribution in [0.4, 0.5) is 4.39 Å². The fraction of sp³-hybridized carbons (Fsp3) is 0.200. The molecule has 2 heterocycles. The minimum atomic E-state index is -1.53. The topological polar surface area (TPSA) is 54.9 Å². The maximum absolute atomic E-state index is 15.8. The number of benzene rings is 2. The van der Waals surface area contributed by atoms with Gasteiger partial charge >= 0.3 is 0 Å². The zero-order valence-corrected chi connectivity index (χ0v) is 21.7. The first-order valence-electron chi connectivity index (χ1n) is 8.83. The summed E-state index contributed by atoms with van der Waals surface area (Å²) in [6.45, 7) is 5.49. The lowest BCUT2D eigenvalue weighted by atomic mass is 10.3. The van der Waals surface area contributed by atoms with E-state index in [9.17, 15) is 4.21 Å². The molecule has 156 valence electrons. The molecule has 4 nitrogen and oxygen atoms in total. The number of nitrogens with one attached hydrogen (secondary N) is 1. The fourth-order valence-corrected chi connectivity index (χ4v) is 6.25. The van der Waals surface area contributed by atoms with Gasteiger partial charge in [0.15, 0.2) is 10.8 Å². The molecule has 10 heteroatoms. The Hall–Kier alpha value is -1.20. The van der Waals surface area contributed by atoms with Gasteiger partial charge < -0.3 is 0 Å². The van der Waals surface area contributed by atoms with Crippen molar-refractivity contribution in [1.29, 1.82) is 0 Å². The van der Waals surface area contributed by atoms with E-state index < -0.39 is 21.6 Å². The summed E-state index contributed by atoms with van der Waals surface area (Å²) in [6.07, 6.45) is 0. The highest BCUT2D eigenvalue weighted by Gasteiger charge is 2.26. The van der Waals surface area contributed by atoms with Crippen LogP contribution in [0.1, 0.15) is 30.8 Å². The molecule has 2 aromatic carbocycles. The summed E-state index contributed by atoms with van der Waals surface area (Å²) in [4.78, 5) is 9.01. The molecule has 1 N–H and O–H groups in total. The number of rotatable bonds is 4. The minimum absolute atomic E-state index is 0.0960. The molecule has 0 aliphatic carbocycles. The lowest BCUT2D eigenvalue weighted by molar-refractivity contribution is 0.644. The van der Waals surface area contributed by atoms with Gasteiger partial charge in [-0.1, -0.05) is 31.9 Å². The average molecular weight is 589 g/mol. The molecule has 1 unspecified atom stereocenters. The van der Waals surface area contributed by atoms with E-state index in [1.54, 1.807) is 0 Å². The van der Waals surface area contributed by atoms with Crippen molar-refractivity contribution in [2.75, 3.05) is 0 Å². The summed E-state index contributed by atoms with van der Waals surface area (Å²) in [6, 6.07) is 11.3. The lowest BCUT2D eigenvalue weighted by Gasteiger charge is -2.19. The zero-order valence-electron chi connectivity index (χ0n) is 16.1. The van der Waals surface area contributed by atoms with Crippen molar-refractivity contribution in [3.05, 3.63) is 55.4 Å². The van der Waals surface area contributed by atoms with Crippen LogP contribution in [0.25, 0.3) is 32.0 Å². The normalized spacial score (nSPS) is 14.2. The lowest BCUT2D eigenvalue weighted by Crippen LogP contribution is -2.32. The van der Waals surface area contributed by atoms with Crippen LogP contribution >= 0.6 is 54.5 Å². The standard InChI is InChI=1S/C20H16Br2FN3OS3/c1-20(2,3)30(27)26-17(19-25-13-7-5-11(22)9-15(13)29-19)16(23)18-24-12-6-4-10(21)8-14(12)28-18/h4-9,26H,1-3H3/b17-16+. The monoisotopic (exact) mass is 587 g/mol. The van der Waals surface area contributed by atoms with Gasteiger partial charge in [0.05, 0.1) is 25.2 Å². The van der Waals surface area contributed by atoms with Gasteiger partial charge in [-0.3, -0.25) is 4.72 Å². The van der Waals surface area contributed by atoms with Crippen molar-refractivity contribution in [2.24, 2.45) is 0 Å². The highest BCUT2D eigenvalue weighted by atomic mass is 79.9. The Labute approximate surface area is 200 Å². The third kappa shape index (κ3) is 4.52. The maximum atomic E-state index is 15.8. The second-order valence-corrected chi connectivity index (χ2v) is 13.3. The third-order valence-electron chi connectivity index (χ3n) is 4.07. The van der Waals surface area contributed by atoms with E-state index in [0.29, 0.717) is 10.5 Å². The van der Waals surface area contributed by atoms with E-state index in [0.717, 1.165) is 23.9 Å². The fourth-order valence-electron chi connectivity index (χ4n) is 2.53. The van der Waals surface area contributed by atoms with Crippen LogP contribution in [0.15, 0.2) is 45.3 Å². The summed E-state index contributed by atoms with van der Waals surface area (Å²) in [5, 5.41) is 0.649. The van der Waals surface area contributed by atoms with Crippen LogP contribution in [-0.2, 0) is 11.0 Å². The first-order valence-corrected chi connectivity index (χ1v) is 13.2. The van der Waals surface area contributed by atoms with Gasteiger partial charge in [-0.2, -0.15) is 0 Å². The minimum Gasteiger partial charge on any atom is -0.299 e. The summed E-state index contributed by atoms with van der Waals surface area (Å²) >= 11 is 9.47. The number of nitrogens with zero attached hydrogens (tertiary/aromatic N) is 2. The van der Waals surface area contributed by atoms with Gasteiger partial charge in [0, 0.05) is 8.95 Å². The predicted octanol–water partition coefficient (Wildman–Crippen LogP) is 7.28. The number of hydrogen-bond acceptors (Lipinski definition) is 5. The Morgan fingerprint density at radius 2 is 1.47 bits per heavy atom. The Kier molecular flexibility index (Phi) is 6.15. The molecule has 0 spiro atoms. The van der Waals surface area contributed by atoms with E-state index in [-0.39, 0.29) is 10.7 Å². The van der Waals surface area contributed by atoms with Gasteiger partial charge in [0.1, 0.15) is 21.7 Å². The molecule has 0 saturated carbocycles. The molecule has 0 bridgehead atoms. The van der Waals surface area contributed by atoms with E-state index in [4.69, 9.17) is 0 Å². The number of thiazole rings is 2. The molecule has 0 saturated heterocycles. The van der Waals surface area contributed by atoms with Gasteiger partial charge in [0.2, 0.25) is 0 Å². The van der Waals surface area contributed by atoms with Gasteiger partial charge in [-0.05, 0) is 57.2 Å². The summed E-state index contributed by atoms with van der Waals surface area (Å²) in [7, 11) is -1.53. The van der Waals surface area contributed by atoms with Crippen molar-refractivity contribution >= 4 is 97.5 Å². The van der Waals surface area contributed by atoms with Crippen LogP contribution in [0, 0.1) is 0 Å². The van der Waals surface area contributed by atoms with Crippen molar-refractivity contribution in [3.8, 4) is 0 Å². The van der Waals surface area contributed by atoms with Crippen molar-refractivity contribution < 1.29 is 8.60 Å². The van der Waals surface area contributed by atoms with Gasteiger partial charge in [-0.25, -0.2) is 18.6 Å². The first kappa shape index (κ1) is 22.0. The molecule has 0 fully saturated rings. The first-order chi connectivity index (χ1) is 14.1. The number of aromatic nitrogens is 2. The average Bonchev–Trinajstić information content (AvgIpc) is 3.27. The quantitative estimate of drug-likeness (QED) is 0.272. The van der Waals surface area contributed by atoms with Crippen LogP contribution in [0.5, 0.6) is 0 Å². The predicted molar refractivity (Wildman–Crippen MR) is 134 cm³/mol. The summed E-state index contributed by atoms with van der Waals surface area (Å²) < 4.78 is 34.4. The Morgan fingerprint density at radius 1 is 0.967 bits per heavy atom. The molecule has 4 rings (SSSR count). The second kappa shape index (κ2) is 8.38. The van der Waals surface area contributed by atoms with Gasteiger partial charge in [-0.15, -0.1) is 22.7 Å². The second-order valence-electron chi connectivity index (χ2n) is 7.43. The number of fused-ring (bicyclic) bond motifs is 2. The summed E-state index contributed by atoms with van der Waals surface area (Å²) in [5.41, 5.74) is 1.55. The van der Waals surface area contributed by atoms with E-state index in [1.807, 2.05) is 57.2 Å². The highest BCUT2D eigenvalue weighted by Crippen LogP contribution is 2.36. The molecule has 0 radical (unpaired) electrons. The van der Waals surface area contributed by atoms with Crippen molar-refractivity contribution in [1.82, 2.24) is 14.7 Å². The third-order valence-corrected chi connectivity index (χ3v) is 8.61. The van der Waals surface area contributed by atoms with Crippen LogP contribution in [0.3, 0.4) is 0 Å². The Balaban J connectivity index is 1.88. The van der Waals surface area contributed by atoms with Crippen LogP contribution in [-0.4, -0.2) is 18.9 Å². The molecular formula is C20H16Br2FN3OS3. The SMILES string of the molecule is CC(C)(C)S(=O)N/C(=C(/F)c1nc2ccc(Br)cc2s1)c1nc2ccc(Br)cc2s1. The Morgan fingerprint density at radius 3 is 2.00 bits per heavy atom. The highest BCUT2D eigenvalue weighted by molar-refractivity contribution is 9.10.